The molecule has 0 aliphatic heterocycles. The van der Waals surface area contributed by atoms with Gasteiger partial charge in [0.05, 0.1) is 23.7 Å². The second-order valence-corrected chi connectivity index (χ2v) is 6.63. The van der Waals surface area contributed by atoms with Gasteiger partial charge >= 0.3 is 4.87 Å². The fraction of sp³-hybridized carbons (Fsp3) is 0.143. The van der Waals surface area contributed by atoms with Crippen LogP contribution in [0.3, 0.4) is 0 Å². The topological polar surface area (TPSA) is 87.2 Å². The second kappa shape index (κ2) is 8.06. The number of nitriles is 1. The molecule has 23 heavy (non-hydrogen) atoms. The van der Waals surface area contributed by atoms with Crippen molar-refractivity contribution < 1.29 is 4.79 Å². The maximum absolute atomic E-state index is 12.0. The summed E-state index contributed by atoms with van der Waals surface area (Å²) in [5.41, 5.74) is 3.11. The zero-order valence-corrected chi connectivity index (χ0v) is 14.8. The maximum Gasteiger partial charge on any atom is 0.309 e. The first-order valence-electron chi connectivity index (χ1n) is 6.33. The molecule has 1 aromatic carbocycles. The molecule has 6 nitrogen and oxygen atoms in total. The molecule has 0 spiro atoms. The van der Waals surface area contributed by atoms with E-state index in [-0.39, 0.29) is 16.4 Å². The minimum absolute atomic E-state index is 0.220. The van der Waals surface area contributed by atoms with E-state index in [4.69, 9.17) is 16.9 Å². The molecule has 9 heteroatoms. The number of carbonyl (C=O) groups excluding carboxylic acids is 1. The summed E-state index contributed by atoms with van der Waals surface area (Å²) in [5, 5.41) is 12.3. The standard InChI is InChI=1S/C14H10BrClN4O2S/c15-10-3-1-9(2-4-10)8-20-13(16)11(23-14(20)22)7-18-19-12(21)5-6-17/h1-4,7H,5,8H2,(H,19,21). The van der Waals surface area contributed by atoms with Crippen LogP contribution in [0.2, 0.25) is 5.15 Å². The van der Waals surface area contributed by atoms with Crippen molar-refractivity contribution in [1.29, 1.82) is 5.26 Å². The van der Waals surface area contributed by atoms with Crippen molar-refractivity contribution in [3.8, 4) is 6.07 Å². The van der Waals surface area contributed by atoms with Gasteiger partial charge in [0.25, 0.3) is 5.91 Å². The summed E-state index contributed by atoms with van der Waals surface area (Å²) in [6.07, 6.45) is 1.01. The second-order valence-electron chi connectivity index (χ2n) is 4.36. The van der Waals surface area contributed by atoms with E-state index in [2.05, 4.69) is 26.5 Å². The van der Waals surface area contributed by atoms with Gasteiger partial charge in [-0.15, -0.1) is 0 Å². The molecule has 0 fully saturated rings. The lowest BCUT2D eigenvalue weighted by atomic mass is 10.2. The monoisotopic (exact) mass is 412 g/mol. The Morgan fingerprint density at radius 2 is 2.17 bits per heavy atom. The third-order valence-electron chi connectivity index (χ3n) is 2.72. The largest absolute Gasteiger partial charge is 0.309 e. The summed E-state index contributed by atoms with van der Waals surface area (Å²) >= 11 is 10.5. The van der Waals surface area contributed by atoms with E-state index in [9.17, 15) is 9.59 Å². The Bertz CT molecular complexity index is 836. The smallest absolute Gasteiger partial charge is 0.284 e. The molecule has 2 rings (SSSR count). The Hall–Kier alpha value is -1.95. The Balaban J connectivity index is 2.14. The van der Waals surface area contributed by atoms with Gasteiger partial charge in [0, 0.05) is 4.47 Å². The van der Waals surface area contributed by atoms with Crippen LogP contribution in [0.4, 0.5) is 0 Å². The number of benzene rings is 1. The molecule has 0 saturated heterocycles. The number of rotatable bonds is 5. The van der Waals surface area contributed by atoms with E-state index in [1.807, 2.05) is 24.3 Å². The van der Waals surface area contributed by atoms with Crippen molar-refractivity contribution in [2.75, 3.05) is 0 Å². The fourth-order valence-corrected chi connectivity index (χ4v) is 3.03. The van der Waals surface area contributed by atoms with Crippen LogP contribution in [-0.2, 0) is 11.3 Å². The number of aromatic nitrogens is 1. The van der Waals surface area contributed by atoms with Gasteiger partial charge in [-0.25, -0.2) is 5.43 Å². The molecular formula is C14H10BrClN4O2S. The molecule has 1 heterocycles. The normalized spacial score (nSPS) is 10.7. The summed E-state index contributed by atoms with van der Waals surface area (Å²) in [5.74, 6) is -0.526. The van der Waals surface area contributed by atoms with E-state index in [1.54, 1.807) is 6.07 Å². The van der Waals surface area contributed by atoms with Crippen molar-refractivity contribution in [2.24, 2.45) is 5.10 Å². The number of nitrogens with zero attached hydrogens (tertiary/aromatic N) is 3. The summed E-state index contributed by atoms with van der Waals surface area (Å²) in [7, 11) is 0. The first-order chi connectivity index (χ1) is 11.0. The van der Waals surface area contributed by atoms with Crippen molar-refractivity contribution in [2.45, 2.75) is 13.0 Å². The van der Waals surface area contributed by atoms with Crippen molar-refractivity contribution in [3.05, 3.63) is 54.0 Å². The van der Waals surface area contributed by atoms with E-state index < -0.39 is 5.91 Å². The first kappa shape index (κ1) is 17.4. The third kappa shape index (κ3) is 4.76. The van der Waals surface area contributed by atoms with Crippen molar-refractivity contribution in [3.63, 3.8) is 0 Å². The van der Waals surface area contributed by atoms with E-state index >= 15 is 0 Å². The van der Waals surface area contributed by atoms with Crippen LogP contribution in [-0.4, -0.2) is 16.7 Å². The van der Waals surface area contributed by atoms with Crippen LogP contribution in [0.15, 0.2) is 38.6 Å². The summed E-state index contributed by atoms with van der Waals surface area (Å²) in [4.78, 5) is 23.4. The summed E-state index contributed by atoms with van der Waals surface area (Å²) in [6.45, 7) is 0.343. The molecule has 118 valence electrons. The Kier molecular flexibility index (Phi) is 6.10. The highest BCUT2D eigenvalue weighted by Crippen LogP contribution is 2.19. The van der Waals surface area contributed by atoms with Crippen LogP contribution in [0, 0.1) is 11.3 Å². The lowest BCUT2D eigenvalue weighted by molar-refractivity contribution is -0.120. The summed E-state index contributed by atoms with van der Waals surface area (Å²) < 4.78 is 2.37. The van der Waals surface area contributed by atoms with E-state index in [0.29, 0.717) is 11.4 Å². The zero-order valence-electron chi connectivity index (χ0n) is 11.6. The minimum Gasteiger partial charge on any atom is -0.284 e. The Morgan fingerprint density at radius 3 is 2.83 bits per heavy atom. The number of hydrogen-bond donors (Lipinski definition) is 1. The van der Waals surface area contributed by atoms with Gasteiger partial charge in [0.1, 0.15) is 11.6 Å². The lowest BCUT2D eigenvalue weighted by Gasteiger charge is -2.04. The summed E-state index contributed by atoms with van der Waals surface area (Å²) in [6, 6.07) is 9.25. The quantitative estimate of drug-likeness (QED) is 0.604. The molecule has 0 aliphatic carbocycles. The van der Waals surface area contributed by atoms with Crippen LogP contribution in [0.25, 0.3) is 0 Å². The molecule has 0 aliphatic rings. The zero-order chi connectivity index (χ0) is 16.8. The molecule has 0 atom stereocenters. The molecule has 2 aromatic rings. The van der Waals surface area contributed by atoms with Gasteiger partial charge in [-0.05, 0) is 17.7 Å². The number of carbonyl (C=O) groups is 1. The number of nitrogens with one attached hydrogen (secondary N) is 1. The predicted molar refractivity (Wildman–Crippen MR) is 92.8 cm³/mol. The molecular weight excluding hydrogens is 404 g/mol. The van der Waals surface area contributed by atoms with Gasteiger partial charge in [-0.3, -0.25) is 14.2 Å². The fourth-order valence-electron chi connectivity index (χ4n) is 1.66. The van der Waals surface area contributed by atoms with E-state index in [1.165, 1.54) is 10.8 Å². The average molecular weight is 414 g/mol. The van der Waals surface area contributed by atoms with Crippen LogP contribution >= 0.6 is 38.9 Å². The molecule has 0 unspecified atom stereocenters. The van der Waals surface area contributed by atoms with Crippen LogP contribution in [0.5, 0.6) is 0 Å². The highest BCUT2D eigenvalue weighted by atomic mass is 79.9. The van der Waals surface area contributed by atoms with Crippen LogP contribution in [0.1, 0.15) is 16.9 Å². The average Bonchev–Trinajstić information content (AvgIpc) is 2.77. The minimum atomic E-state index is -0.526. The first-order valence-corrected chi connectivity index (χ1v) is 8.32. The Morgan fingerprint density at radius 1 is 1.48 bits per heavy atom. The predicted octanol–water partition coefficient (Wildman–Crippen LogP) is 2.74. The van der Waals surface area contributed by atoms with Gasteiger partial charge in [0.2, 0.25) is 0 Å². The number of hydrogen-bond acceptors (Lipinski definition) is 5. The number of amides is 1. The van der Waals surface area contributed by atoms with Crippen LogP contribution < -0.4 is 10.3 Å². The molecule has 0 bridgehead atoms. The Labute approximate surface area is 149 Å². The van der Waals surface area contributed by atoms with Gasteiger partial charge < -0.3 is 0 Å². The molecule has 1 N–H and O–H groups in total. The third-order valence-corrected chi connectivity index (χ3v) is 4.68. The number of thiazole rings is 1. The van der Waals surface area contributed by atoms with Crippen molar-refractivity contribution >= 4 is 51.0 Å². The molecule has 1 aromatic heterocycles. The molecule has 0 radical (unpaired) electrons. The molecule has 1 amide bonds. The van der Waals surface area contributed by atoms with E-state index in [0.717, 1.165) is 21.4 Å². The molecule has 0 saturated carbocycles. The number of hydrazone groups is 1. The van der Waals surface area contributed by atoms with Crippen molar-refractivity contribution in [1.82, 2.24) is 9.99 Å². The SMILES string of the molecule is N#CCC(=O)NN=Cc1sc(=O)n(Cc2ccc(Br)cc2)c1Cl. The number of halogens is 2. The van der Waals surface area contributed by atoms with Gasteiger partial charge in [-0.2, -0.15) is 10.4 Å². The van der Waals surface area contributed by atoms with Gasteiger partial charge in [-0.1, -0.05) is 51.0 Å². The highest BCUT2D eigenvalue weighted by Gasteiger charge is 2.12. The maximum atomic E-state index is 12.0. The van der Waals surface area contributed by atoms with Gasteiger partial charge in [0.15, 0.2) is 0 Å². The highest BCUT2D eigenvalue weighted by molar-refractivity contribution is 9.10. The lowest BCUT2D eigenvalue weighted by Crippen LogP contribution is -2.16.